The van der Waals surface area contributed by atoms with Crippen molar-refractivity contribution in [2.24, 2.45) is 0 Å². The van der Waals surface area contributed by atoms with E-state index in [4.69, 9.17) is 9.72 Å². The third-order valence-corrected chi connectivity index (χ3v) is 7.88. The molecular weight excluding hydrogens is 563 g/mol. The van der Waals surface area contributed by atoms with E-state index >= 15 is 0 Å². The van der Waals surface area contributed by atoms with Crippen molar-refractivity contribution in [3.63, 3.8) is 0 Å². The summed E-state index contributed by atoms with van der Waals surface area (Å²) >= 11 is 0. The van der Waals surface area contributed by atoms with Gasteiger partial charge in [0.15, 0.2) is 0 Å². The van der Waals surface area contributed by atoms with Crippen LogP contribution in [0.5, 0.6) is 5.75 Å². The van der Waals surface area contributed by atoms with Crippen LogP contribution in [0.2, 0.25) is 0 Å². The van der Waals surface area contributed by atoms with E-state index in [1.54, 1.807) is 25.4 Å². The van der Waals surface area contributed by atoms with E-state index in [0.29, 0.717) is 41.1 Å². The topological polar surface area (TPSA) is 128 Å². The van der Waals surface area contributed by atoms with Gasteiger partial charge in [-0.2, -0.15) is 4.98 Å². The number of aromatic nitrogens is 3. The van der Waals surface area contributed by atoms with Crippen LogP contribution >= 0.6 is 0 Å². The molecule has 2 amide bonds. The number of hydrogen-bond acceptors (Lipinski definition) is 8. The Bertz CT molecular complexity index is 1620. The van der Waals surface area contributed by atoms with Crippen molar-refractivity contribution in [1.82, 2.24) is 25.2 Å². The third kappa shape index (κ3) is 6.02. The molecule has 0 saturated carbocycles. The third-order valence-electron chi connectivity index (χ3n) is 7.88. The molecule has 0 radical (unpaired) electrons. The highest BCUT2D eigenvalue weighted by molar-refractivity contribution is 6.01. The quantitative estimate of drug-likeness (QED) is 0.172. The van der Waals surface area contributed by atoms with E-state index in [-0.39, 0.29) is 23.2 Å². The van der Waals surface area contributed by atoms with Crippen molar-refractivity contribution in [1.29, 1.82) is 0 Å². The molecule has 3 aliphatic rings. The first-order valence-electron chi connectivity index (χ1n) is 14.9. The van der Waals surface area contributed by atoms with Crippen LogP contribution in [0.3, 0.4) is 0 Å². The van der Waals surface area contributed by atoms with Crippen molar-refractivity contribution in [3.8, 4) is 17.1 Å². The number of anilines is 5. The van der Waals surface area contributed by atoms with Crippen molar-refractivity contribution in [3.05, 3.63) is 59.5 Å². The lowest BCUT2D eigenvalue weighted by molar-refractivity contribution is -0.123. The Morgan fingerprint density at radius 3 is 2.61 bits per heavy atom. The van der Waals surface area contributed by atoms with Gasteiger partial charge in [0.05, 0.1) is 35.7 Å². The number of nitrogens with one attached hydrogen (secondary N) is 4. The van der Waals surface area contributed by atoms with Crippen LogP contribution in [0, 0.1) is 5.82 Å². The number of amides is 2. The molecule has 5 rings (SSSR count). The van der Waals surface area contributed by atoms with Gasteiger partial charge in [0, 0.05) is 25.5 Å². The number of aromatic amines is 1. The Balaban J connectivity index is 1.48. The van der Waals surface area contributed by atoms with Crippen LogP contribution in [-0.4, -0.2) is 71.5 Å². The van der Waals surface area contributed by atoms with E-state index in [0.717, 1.165) is 43.6 Å². The molecule has 3 aliphatic heterocycles. The maximum absolute atomic E-state index is 14.7. The van der Waals surface area contributed by atoms with E-state index in [1.165, 1.54) is 19.2 Å². The number of rotatable bonds is 12. The molecule has 232 valence electrons. The Labute approximate surface area is 256 Å². The molecule has 44 heavy (non-hydrogen) atoms. The van der Waals surface area contributed by atoms with Crippen LogP contribution in [0.4, 0.5) is 33.2 Å². The number of carbonyl (C=O) groups is 2. The highest BCUT2D eigenvalue weighted by Crippen LogP contribution is 2.40. The van der Waals surface area contributed by atoms with E-state index in [9.17, 15) is 14.0 Å². The standard InChI is InChI=1S/C32H39FN8O3/c1-6-14-40(15-7-2)19(3)31(43)41-16-12-20-17-26(44-5)24(18-25(20)41)37-32-38-28-21(11-13-35-28)29(39-32)36-23-10-8-9-22(33)27(23)30(42)34-4/h8-11,13,17-19H,6-7,12,14-16H2,1-5H3,(H,34,42)(H3,35,36,37,38,39)/t19-/m0/s1. The number of fused-ring (bicyclic) bond motifs is 2. The van der Waals surface area contributed by atoms with Crippen LogP contribution in [-0.2, 0) is 11.2 Å². The molecule has 0 unspecified atom stereocenters. The summed E-state index contributed by atoms with van der Waals surface area (Å²) in [6.45, 7) is 8.57. The maximum atomic E-state index is 14.7. The molecule has 0 aliphatic carbocycles. The second kappa shape index (κ2) is 13.3. The Morgan fingerprint density at radius 1 is 1.14 bits per heavy atom. The normalized spacial score (nSPS) is 13.2. The summed E-state index contributed by atoms with van der Waals surface area (Å²) in [5, 5.41) is 8.90. The second-order valence-corrected chi connectivity index (χ2v) is 10.8. The van der Waals surface area contributed by atoms with Gasteiger partial charge in [0.1, 0.15) is 23.2 Å². The number of nitrogens with zero attached hydrogens (tertiary/aromatic N) is 4. The predicted octanol–water partition coefficient (Wildman–Crippen LogP) is 5.30. The number of ether oxygens (including phenoxy) is 1. The summed E-state index contributed by atoms with van der Waals surface area (Å²) in [7, 11) is 3.04. The zero-order valence-corrected chi connectivity index (χ0v) is 25.8. The first-order chi connectivity index (χ1) is 21.3. The highest BCUT2D eigenvalue weighted by atomic mass is 19.1. The predicted molar refractivity (Wildman–Crippen MR) is 170 cm³/mol. The van der Waals surface area contributed by atoms with Gasteiger partial charge < -0.3 is 30.6 Å². The lowest BCUT2D eigenvalue weighted by Crippen LogP contribution is -2.47. The number of halogens is 1. The Morgan fingerprint density at radius 2 is 1.91 bits per heavy atom. The summed E-state index contributed by atoms with van der Waals surface area (Å²) < 4.78 is 20.4. The molecule has 2 aromatic rings. The van der Waals surface area contributed by atoms with Gasteiger partial charge in [0.2, 0.25) is 11.9 Å². The smallest absolute Gasteiger partial charge is 0.256 e. The zero-order valence-electron chi connectivity index (χ0n) is 25.8. The molecule has 0 fully saturated rings. The largest absolute Gasteiger partial charge is 0.495 e. The maximum Gasteiger partial charge on any atom is 0.256 e. The molecule has 0 aromatic heterocycles. The zero-order chi connectivity index (χ0) is 31.4. The van der Waals surface area contributed by atoms with Gasteiger partial charge in [-0.1, -0.05) is 19.9 Å². The molecule has 3 heterocycles. The van der Waals surface area contributed by atoms with Crippen molar-refractivity contribution in [2.75, 3.05) is 49.3 Å². The number of hydrogen-bond donors (Lipinski definition) is 4. The van der Waals surface area contributed by atoms with E-state index in [2.05, 4.69) is 44.7 Å². The molecule has 0 saturated heterocycles. The molecule has 1 atom stereocenters. The van der Waals surface area contributed by atoms with Crippen LogP contribution in [0.1, 0.15) is 49.5 Å². The average Bonchev–Trinajstić information content (AvgIpc) is 3.66. The molecule has 2 aromatic carbocycles. The van der Waals surface area contributed by atoms with Crippen LogP contribution in [0.15, 0.2) is 42.6 Å². The van der Waals surface area contributed by atoms with Crippen molar-refractivity contribution >= 4 is 40.6 Å². The van der Waals surface area contributed by atoms with Gasteiger partial charge in [-0.25, -0.2) is 9.37 Å². The Kier molecular flexibility index (Phi) is 9.29. The number of benzene rings is 2. The van der Waals surface area contributed by atoms with Gasteiger partial charge in [-0.3, -0.25) is 14.5 Å². The fourth-order valence-electron chi connectivity index (χ4n) is 5.70. The van der Waals surface area contributed by atoms with Gasteiger partial charge in [-0.05, 0) is 75.2 Å². The minimum Gasteiger partial charge on any atom is -0.495 e. The lowest BCUT2D eigenvalue weighted by atomic mass is 10.1. The summed E-state index contributed by atoms with van der Waals surface area (Å²) in [5.41, 5.74) is 3.26. The molecule has 0 spiro atoms. The molecule has 4 N–H and O–H groups in total. The fourth-order valence-corrected chi connectivity index (χ4v) is 5.70. The first-order valence-corrected chi connectivity index (χ1v) is 14.9. The lowest BCUT2D eigenvalue weighted by Gasteiger charge is -2.31. The van der Waals surface area contributed by atoms with Crippen molar-refractivity contribution in [2.45, 2.75) is 46.1 Å². The average molecular weight is 603 g/mol. The summed E-state index contributed by atoms with van der Waals surface area (Å²) in [6.07, 6.45) is 4.32. The Hall–Kier alpha value is -4.71. The number of methoxy groups -OCH3 is 1. The van der Waals surface area contributed by atoms with Crippen LogP contribution in [0.25, 0.3) is 11.4 Å². The SMILES string of the molecule is CCCN(CCC)[C@@H](C)C(=O)N1CCc2cc(OC)c(Nc3nc(Nc4cccc(F)c4C(=O)NC)c4ccnc-4[nH]3)cc21. The first kappa shape index (κ1) is 30.7. The monoisotopic (exact) mass is 602 g/mol. The van der Waals surface area contributed by atoms with Gasteiger partial charge in [0.25, 0.3) is 5.91 Å². The fraction of sp³-hybridized carbons (Fsp3) is 0.375. The van der Waals surface area contributed by atoms with Crippen molar-refractivity contribution < 1.29 is 18.7 Å². The van der Waals surface area contributed by atoms with Crippen LogP contribution < -0.4 is 25.6 Å². The molecule has 0 bridgehead atoms. The minimum atomic E-state index is -0.657. The molecular formula is C32H39FN8O3. The highest BCUT2D eigenvalue weighted by Gasteiger charge is 2.32. The number of carbonyl (C=O) groups excluding carboxylic acids is 2. The van der Waals surface area contributed by atoms with E-state index in [1.807, 2.05) is 24.0 Å². The number of H-pyrrole nitrogens is 1. The second-order valence-electron chi connectivity index (χ2n) is 10.8. The molecule has 11 nitrogen and oxygen atoms in total. The molecule has 12 heteroatoms. The summed E-state index contributed by atoms with van der Waals surface area (Å²) in [5.74, 6) is 0.672. The minimum absolute atomic E-state index is 0.0716. The van der Waals surface area contributed by atoms with Gasteiger partial charge in [-0.15, -0.1) is 0 Å². The van der Waals surface area contributed by atoms with Gasteiger partial charge >= 0.3 is 0 Å². The van der Waals surface area contributed by atoms with E-state index < -0.39 is 11.7 Å². The summed E-state index contributed by atoms with van der Waals surface area (Å²) in [6, 6.07) is 9.75. The summed E-state index contributed by atoms with van der Waals surface area (Å²) in [4.78, 5) is 42.6.